The van der Waals surface area contributed by atoms with Crippen molar-refractivity contribution in [2.45, 2.75) is 24.4 Å². The molecule has 0 amide bonds. The number of ketones is 1. The Morgan fingerprint density at radius 1 is 1.30 bits per heavy atom. The van der Waals surface area contributed by atoms with Gasteiger partial charge in [0.15, 0.2) is 0 Å². The zero-order valence-corrected chi connectivity index (χ0v) is 9.90. The molecule has 0 unspecified atom stereocenters. The summed E-state index contributed by atoms with van der Waals surface area (Å²) in [6.07, 6.45) is -5.20. The van der Waals surface area contributed by atoms with Gasteiger partial charge in [0.1, 0.15) is 5.78 Å². The number of benzene rings is 1. The summed E-state index contributed by atoms with van der Waals surface area (Å²) in [5.74, 6) is -0.258. The van der Waals surface area contributed by atoms with Crippen LogP contribution in [0.3, 0.4) is 0 Å². The fourth-order valence-electron chi connectivity index (χ4n) is 2.13. The van der Waals surface area contributed by atoms with E-state index in [1.165, 1.54) is 0 Å². The Kier molecular flexibility index (Phi) is 3.01. The van der Waals surface area contributed by atoms with Crippen LogP contribution in [0.1, 0.15) is 24.0 Å². The number of carbonyl (C=O) groups is 1. The van der Waals surface area contributed by atoms with E-state index in [0.29, 0.717) is 12.1 Å². The highest BCUT2D eigenvalue weighted by Gasteiger charge is 2.47. The van der Waals surface area contributed by atoms with Gasteiger partial charge in [-0.05, 0) is 11.6 Å². The summed E-state index contributed by atoms with van der Waals surface area (Å²) < 4.78 is 38.2. The van der Waals surface area contributed by atoms with Crippen LogP contribution in [0.25, 0.3) is 0 Å². The normalized spacial score (nSPS) is 17.2. The highest BCUT2D eigenvalue weighted by molar-refractivity contribution is 5.90. The highest BCUT2D eigenvalue weighted by Crippen LogP contribution is 2.44. The van der Waals surface area contributed by atoms with Crippen LogP contribution in [0.4, 0.5) is 18.9 Å². The van der Waals surface area contributed by atoms with Gasteiger partial charge in [-0.25, -0.2) is 0 Å². The predicted molar refractivity (Wildman–Crippen MR) is 59.6 cm³/mol. The lowest BCUT2D eigenvalue weighted by atomic mass is 9.64. The summed E-state index contributed by atoms with van der Waals surface area (Å²) in [5.41, 5.74) is -3.47. The van der Waals surface area contributed by atoms with Crippen LogP contribution in [-0.4, -0.2) is 10.7 Å². The molecule has 0 bridgehead atoms. The van der Waals surface area contributed by atoms with Gasteiger partial charge < -0.3 is 0 Å². The summed E-state index contributed by atoms with van der Waals surface area (Å²) in [7, 11) is 0. The Balaban J connectivity index is 2.59. The van der Waals surface area contributed by atoms with Crippen LogP contribution in [0, 0.1) is 21.4 Å². The lowest BCUT2D eigenvalue weighted by Crippen LogP contribution is -2.40. The number of nitriles is 1. The van der Waals surface area contributed by atoms with E-state index in [0.717, 1.165) is 6.07 Å². The van der Waals surface area contributed by atoms with Crippen molar-refractivity contribution < 1.29 is 22.9 Å². The first-order chi connectivity index (χ1) is 9.18. The van der Waals surface area contributed by atoms with Gasteiger partial charge in [0.05, 0.1) is 22.0 Å². The summed E-state index contributed by atoms with van der Waals surface area (Å²) in [4.78, 5) is 20.8. The van der Waals surface area contributed by atoms with Crippen molar-refractivity contribution in [2.75, 3.05) is 0 Å². The number of Topliss-reactive ketones (excluding diaryl/α,β-unsaturated/α-hetero) is 1. The summed E-state index contributed by atoms with van der Waals surface area (Å²) >= 11 is 0. The Morgan fingerprint density at radius 3 is 2.30 bits per heavy atom. The number of carbonyl (C=O) groups excluding carboxylic acids is 1. The molecule has 0 aliphatic heterocycles. The molecule has 0 spiro atoms. The lowest BCUT2D eigenvalue weighted by molar-refractivity contribution is -0.385. The molecular weight excluding hydrogens is 277 g/mol. The van der Waals surface area contributed by atoms with Crippen molar-refractivity contribution in [3.8, 4) is 6.07 Å². The van der Waals surface area contributed by atoms with Crippen LogP contribution in [0.2, 0.25) is 0 Å². The second-order valence-corrected chi connectivity index (χ2v) is 4.61. The van der Waals surface area contributed by atoms with E-state index in [1.807, 2.05) is 0 Å². The van der Waals surface area contributed by atoms with Crippen molar-refractivity contribution in [3.05, 3.63) is 39.4 Å². The molecule has 0 aromatic heterocycles. The van der Waals surface area contributed by atoms with Gasteiger partial charge in [0.25, 0.3) is 5.69 Å². The zero-order chi connectivity index (χ0) is 15.1. The minimum atomic E-state index is -4.76. The van der Waals surface area contributed by atoms with Gasteiger partial charge in [0.2, 0.25) is 0 Å². The first-order valence-electron chi connectivity index (χ1n) is 5.48. The minimum Gasteiger partial charge on any atom is -0.300 e. The van der Waals surface area contributed by atoms with Crippen molar-refractivity contribution in [3.63, 3.8) is 0 Å². The maximum Gasteiger partial charge on any atom is 0.416 e. The van der Waals surface area contributed by atoms with Crippen LogP contribution < -0.4 is 0 Å². The molecule has 20 heavy (non-hydrogen) atoms. The van der Waals surface area contributed by atoms with Crippen LogP contribution in [0.5, 0.6) is 0 Å². The van der Waals surface area contributed by atoms with E-state index in [1.54, 1.807) is 6.07 Å². The van der Waals surface area contributed by atoms with E-state index in [2.05, 4.69) is 0 Å². The molecular formula is C12H7F3N2O3. The van der Waals surface area contributed by atoms with Gasteiger partial charge in [-0.3, -0.25) is 14.9 Å². The molecule has 1 saturated carbocycles. The van der Waals surface area contributed by atoms with E-state index in [4.69, 9.17) is 5.26 Å². The van der Waals surface area contributed by atoms with E-state index >= 15 is 0 Å². The maximum absolute atomic E-state index is 12.7. The van der Waals surface area contributed by atoms with Crippen molar-refractivity contribution in [1.82, 2.24) is 0 Å². The fourth-order valence-corrected chi connectivity index (χ4v) is 2.13. The number of nitro benzene ring substituents is 1. The third-order valence-electron chi connectivity index (χ3n) is 3.22. The Morgan fingerprint density at radius 2 is 1.90 bits per heavy atom. The number of nitro groups is 1. The number of hydrogen-bond donors (Lipinski definition) is 0. The topological polar surface area (TPSA) is 84.0 Å². The van der Waals surface area contributed by atoms with Gasteiger partial charge >= 0.3 is 6.18 Å². The number of alkyl halides is 3. The molecule has 0 saturated heterocycles. The van der Waals surface area contributed by atoms with Crippen molar-refractivity contribution >= 4 is 11.5 Å². The van der Waals surface area contributed by atoms with Gasteiger partial charge in [-0.15, -0.1) is 0 Å². The van der Waals surface area contributed by atoms with E-state index in [9.17, 15) is 28.1 Å². The molecule has 0 atom stereocenters. The standard InChI is InChI=1S/C12H7F3N2O3/c13-12(14,15)8-1-7(2-9(3-8)17(19)20)11(6-16)4-10(18)5-11/h1-3H,4-5H2. The smallest absolute Gasteiger partial charge is 0.300 e. The molecule has 0 heterocycles. The predicted octanol–water partition coefficient (Wildman–Crippen LogP) is 2.74. The third-order valence-corrected chi connectivity index (χ3v) is 3.22. The molecule has 1 aromatic carbocycles. The third kappa shape index (κ3) is 2.22. The highest BCUT2D eigenvalue weighted by atomic mass is 19.4. The fraction of sp³-hybridized carbons (Fsp3) is 0.333. The van der Waals surface area contributed by atoms with E-state index < -0.39 is 27.8 Å². The Labute approximate surface area is 110 Å². The van der Waals surface area contributed by atoms with Gasteiger partial charge in [-0.2, -0.15) is 18.4 Å². The van der Waals surface area contributed by atoms with Crippen LogP contribution in [-0.2, 0) is 16.4 Å². The molecule has 5 nitrogen and oxygen atoms in total. The Hall–Kier alpha value is -2.43. The molecule has 1 aromatic rings. The molecule has 8 heteroatoms. The number of hydrogen-bond acceptors (Lipinski definition) is 4. The zero-order valence-electron chi connectivity index (χ0n) is 9.90. The first kappa shape index (κ1) is 14.0. The number of non-ortho nitro benzene ring substituents is 1. The minimum absolute atomic E-state index is 0.138. The van der Waals surface area contributed by atoms with Gasteiger partial charge in [0, 0.05) is 25.0 Å². The average Bonchev–Trinajstić information content (AvgIpc) is 2.33. The first-order valence-corrected chi connectivity index (χ1v) is 5.48. The second-order valence-electron chi connectivity index (χ2n) is 4.61. The Bertz CT molecular complexity index is 638. The van der Waals surface area contributed by atoms with Crippen LogP contribution >= 0.6 is 0 Å². The van der Waals surface area contributed by atoms with Gasteiger partial charge in [-0.1, -0.05) is 0 Å². The molecule has 0 N–H and O–H groups in total. The van der Waals surface area contributed by atoms with Crippen molar-refractivity contribution in [1.29, 1.82) is 5.26 Å². The molecule has 0 radical (unpaired) electrons. The maximum atomic E-state index is 12.7. The molecule has 2 rings (SSSR count). The molecule has 1 aliphatic carbocycles. The molecule has 104 valence electrons. The molecule has 1 aliphatic rings. The molecule has 1 fully saturated rings. The summed E-state index contributed by atoms with van der Waals surface area (Å²) in [6, 6.07) is 3.83. The average molecular weight is 284 g/mol. The second kappa shape index (κ2) is 4.30. The summed E-state index contributed by atoms with van der Waals surface area (Å²) in [6.45, 7) is 0. The van der Waals surface area contributed by atoms with E-state index in [-0.39, 0.29) is 24.2 Å². The van der Waals surface area contributed by atoms with Crippen molar-refractivity contribution in [2.24, 2.45) is 0 Å². The number of rotatable bonds is 2. The number of nitrogens with zero attached hydrogens (tertiary/aromatic N) is 2. The quantitative estimate of drug-likeness (QED) is 0.617. The SMILES string of the molecule is N#CC1(c2cc([N+](=O)[O-])cc(C(F)(F)F)c2)CC(=O)C1. The summed E-state index contributed by atoms with van der Waals surface area (Å²) in [5, 5.41) is 19.8. The monoisotopic (exact) mass is 284 g/mol. The number of halogens is 3. The lowest BCUT2D eigenvalue weighted by Gasteiger charge is -2.34. The largest absolute Gasteiger partial charge is 0.416 e. The van der Waals surface area contributed by atoms with Crippen LogP contribution in [0.15, 0.2) is 18.2 Å².